The second-order valence-electron chi connectivity index (χ2n) is 2.64. The minimum atomic E-state index is -3.53. The zero-order valence-corrected chi connectivity index (χ0v) is 7.34. The van der Waals surface area contributed by atoms with Crippen LogP contribution in [0.2, 0.25) is 0 Å². The molecule has 0 aliphatic carbocycles. The molecule has 1 rings (SSSR count). The number of rotatable bonds is 4. The average molecular weight is 194 g/mol. The average Bonchev–Trinajstić information content (AvgIpc) is 2.63. The Bertz CT molecular complexity index is 286. The molecule has 0 amide bonds. The summed E-state index contributed by atoms with van der Waals surface area (Å²) in [7, 11) is -3.53. The molecular weight excluding hydrogens is 184 g/mol. The zero-order valence-electron chi connectivity index (χ0n) is 6.52. The van der Waals surface area contributed by atoms with Crippen molar-refractivity contribution in [2.24, 2.45) is 0 Å². The smallest absolute Gasteiger partial charge is 0.318 e. The first-order chi connectivity index (χ1) is 5.43. The van der Waals surface area contributed by atoms with Crippen molar-refractivity contribution >= 4 is 16.2 Å². The summed E-state index contributed by atoms with van der Waals surface area (Å²) < 4.78 is 25.3. The van der Waals surface area contributed by atoms with Gasteiger partial charge in [0.25, 0.3) is 10.2 Å². The van der Waals surface area contributed by atoms with Gasteiger partial charge in [-0.1, -0.05) is 0 Å². The summed E-state index contributed by atoms with van der Waals surface area (Å²) in [6.07, 6.45) is 0. The molecule has 70 valence electrons. The Kier molecular flexibility index (Phi) is 2.36. The number of aliphatic carboxylic acids is 1. The summed E-state index contributed by atoms with van der Waals surface area (Å²) in [5, 5.41) is 8.20. The highest BCUT2D eigenvalue weighted by molar-refractivity contribution is 7.87. The van der Waals surface area contributed by atoms with Gasteiger partial charge >= 0.3 is 5.97 Å². The van der Waals surface area contributed by atoms with Crippen molar-refractivity contribution in [3.63, 3.8) is 0 Å². The van der Waals surface area contributed by atoms with Gasteiger partial charge in [-0.3, -0.25) is 4.79 Å². The molecule has 0 aromatic carbocycles. The summed E-state index contributed by atoms with van der Waals surface area (Å²) in [6.45, 7) is 1.65. The van der Waals surface area contributed by atoms with Crippen molar-refractivity contribution in [2.75, 3.05) is 13.1 Å². The van der Waals surface area contributed by atoms with Crippen LogP contribution in [0.1, 0.15) is 6.92 Å². The van der Waals surface area contributed by atoms with Crippen LogP contribution in [-0.4, -0.2) is 42.9 Å². The Morgan fingerprint density at radius 2 is 2.25 bits per heavy atom. The number of nitrogens with zero attached hydrogens (tertiary/aromatic N) is 1. The number of nitrogens with one attached hydrogen (secondary N) is 1. The maximum Gasteiger partial charge on any atom is 0.318 e. The molecule has 7 heteroatoms. The lowest BCUT2D eigenvalue weighted by Gasteiger charge is -2.03. The molecule has 1 heterocycles. The molecule has 1 aliphatic rings. The Balaban J connectivity index is 2.45. The molecule has 12 heavy (non-hydrogen) atoms. The standard InChI is InChI=1S/C5H10N2O4S/c1-4-3-7(4)12(10,11)6-2-5(8)9/h4,6H,2-3H2,1H3,(H,8,9)/t4-,7?/m0/s1. The maximum atomic E-state index is 11.1. The minimum absolute atomic E-state index is 0.00343. The van der Waals surface area contributed by atoms with Crippen molar-refractivity contribution in [1.29, 1.82) is 0 Å². The predicted octanol–water partition coefficient (Wildman–Crippen LogP) is -1.39. The number of carboxylic acid groups (broad SMARTS) is 1. The van der Waals surface area contributed by atoms with Crippen molar-refractivity contribution in [3.05, 3.63) is 0 Å². The summed E-state index contributed by atoms with van der Waals surface area (Å²) in [6, 6.07) is -0.00343. The van der Waals surface area contributed by atoms with E-state index in [1.54, 1.807) is 6.92 Å². The molecule has 1 saturated heterocycles. The van der Waals surface area contributed by atoms with Crippen LogP contribution in [0.15, 0.2) is 0 Å². The zero-order chi connectivity index (χ0) is 9.35. The number of hydrogen-bond acceptors (Lipinski definition) is 3. The maximum absolute atomic E-state index is 11.1. The third-order valence-corrected chi connectivity index (χ3v) is 3.15. The third kappa shape index (κ3) is 2.16. The molecule has 0 aromatic heterocycles. The Labute approximate surface area is 70.4 Å². The molecule has 1 fully saturated rings. The van der Waals surface area contributed by atoms with Crippen molar-refractivity contribution in [3.8, 4) is 0 Å². The van der Waals surface area contributed by atoms with Gasteiger partial charge in [0.2, 0.25) is 0 Å². The van der Waals surface area contributed by atoms with Crippen molar-refractivity contribution in [1.82, 2.24) is 9.03 Å². The van der Waals surface area contributed by atoms with E-state index in [1.165, 1.54) is 4.31 Å². The number of hydrogen-bond donors (Lipinski definition) is 2. The van der Waals surface area contributed by atoms with Crippen LogP contribution >= 0.6 is 0 Å². The van der Waals surface area contributed by atoms with Crippen LogP contribution < -0.4 is 4.72 Å². The molecule has 1 unspecified atom stereocenters. The highest BCUT2D eigenvalue weighted by Gasteiger charge is 2.40. The SMILES string of the molecule is C[C@H]1CN1S(=O)(=O)NCC(=O)O. The van der Waals surface area contributed by atoms with Gasteiger partial charge in [0.05, 0.1) is 0 Å². The molecule has 0 radical (unpaired) electrons. The molecule has 0 saturated carbocycles. The van der Waals surface area contributed by atoms with Crippen molar-refractivity contribution in [2.45, 2.75) is 13.0 Å². The first-order valence-electron chi connectivity index (χ1n) is 3.41. The lowest BCUT2D eigenvalue weighted by molar-refractivity contribution is -0.135. The molecule has 0 spiro atoms. The summed E-state index contributed by atoms with van der Waals surface area (Å²) >= 11 is 0. The molecule has 1 aliphatic heterocycles. The van der Waals surface area contributed by atoms with Gasteiger partial charge in [0.15, 0.2) is 0 Å². The second-order valence-corrected chi connectivity index (χ2v) is 4.35. The van der Waals surface area contributed by atoms with Gasteiger partial charge in [-0.25, -0.2) is 0 Å². The second kappa shape index (κ2) is 3.00. The van der Waals surface area contributed by atoms with Gasteiger partial charge < -0.3 is 5.11 Å². The Morgan fingerprint density at radius 3 is 2.58 bits per heavy atom. The van der Waals surface area contributed by atoms with Crippen molar-refractivity contribution < 1.29 is 18.3 Å². The van der Waals surface area contributed by atoms with E-state index in [-0.39, 0.29) is 6.04 Å². The van der Waals surface area contributed by atoms with E-state index < -0.39 is 22.7 Å². The largest absolute Gasteiger partial charge is 0.480 e. The van der Waals surface area contributed by atoms with Crippen LogP contribution in [0.4, 0.5) is 0 Å². The molecule has 0 aromatic rings. The normalized spacial score (nSPS) is 28.4. The highest BCUT2D eigenvalue weighted by Crippen LogP contribution is 2.19. The first kappa shape index (κ1) is 9.43. The fourth-order valence-corrected chi connectivity index (χ4v) is 2.14. The van der Waals surface area contributed by atoms with E-state index in [0.29, 0.717) is 6.54 Å². The van der Waals surface area contributed by atoms with Crippen LogP contribution in [-0.2, 0) is 15.0 Å². The lowest BCUT2D eigenvalue weighted by atomic mass is 10.6. The van der Waals surface area contributed by atoms with Crippen LogP contribution in [0.5, 0.6) is 0 Å². The Morgan fingerprint density at radius 1 is 1.75 bits per heavy atom. The number of carboxylic acids is 1. The van der Waals surface area contributed by atoms with E-state index >= 15 is 0 Å². The number of carbonyl (C=O) groups is 1. The quantitative estimate of drug-likeness (QED) is 0.539. The fraction of sp³-hybridized carbons (Fsp3) is 0.800. The third-order valence-electron chi connectivity index (χ3n) is 1.52. The van der Waals surface area contributed by atoms with Gasteiger partial charge in [-0.2, -0.15) is 17.4 Å². The van der Waals surface area contributed by atoms with Crippen LogP contribution in [0.25, 0.3) is 0 Å². The fourth-order valence-electron chi connectivity index (χ4n) is 0.784. The summed E-state index contributed by atoms with van der Waals surface area (Å²) in [5.41, 5.74) is 0. The summed E-state index contributed by atoms with van der Waals surface area (Å²) in [5.74, 6) is -1.19. The summed E-state index contributed by atoms with van der Waals surface area (Å²) in [4.78, 5) is 10.0. The monoisotopic (exact) mass is 194 g/mol. The van der Waals surface area contributed by atoms with Gasteiger partial charge in [-0.05, 0) is 6.92 Å². The lowest BCUT2D eigenvalue weighted by Crippen LogP contribution is -2.34. The van der Waals surface area contributed by atoms with Gasteiger partial charge in [0.1, 0.15) is 6.54 Å². The van der Waals surface area contributed by atoms with E-state index in [2.05, 4.69) is 0 Å². The van der Waals surface area contributed by atoms with Gasteiger partial charge in [0, 0.05) is 12.6 Å². The topological polar surface area (TPSA) is 86.5 Å². The first-order valence-corrected chi connectivity index (χ1v) is 4.85. The van der Waals surface area contributed by atoms with E-state index in [1.807, 2.05) is 4.72 Å². The molecule has 6 nitrogen and oxygen atoms in total. The van der Waals surface area contributed by atoms with Gasteiger partial charge in [-0.15, -0.1) is 0 Å². The van der Waals surface area contributed by atoms with E-state index in [9.17, 15) is 13.2 Å². The molecular formula is C5H10N2O4S. The minimum Gasteiger partial charge on any atom is -0.480 e. The van der Waals surface area contributed by atoms with Crippen LogP contribution in [0, 0.1) is 0 Å². The molecule has 2 N–H and O–H groups in total. The molecule has 2 atom stereocenters. The van der Waals surface area contributed by atoms with E-state index in [4.69, 9.17) is 5.11 Å². The predicted molar refractivity (Wildman–Crippen MR) is 40.7 cm³/mol. The van der Waals surface area contributed by atoms with E-state index in [0.717, 1.165) is 0 Å². The highest BCUT2D eigenvalue weighted by atomic mass is 32.2. The van der Waals surface area contributed by atoms with Crippen LogP contribution in [0.3, 0.4) is 0 Å². The Hall–Kier alpha value is -0.660. The molecule has 0 bridgehead atoms.